The van der Waals surface area contributed by atoms with E-state index in [9.17, 15) is 0 Å². The van der Waals surface area contributed by atoms with E-state index in [1.165, 1.54) is 6.33 Å². The molecule has 0 atom stereocenters. The molecule has 0 amide bonds. The lowest BCUT2D eigenvalue weighted by Gasteiger charge is -2.09. The number of hydrogen-bond donors (Lipinski definition) is 1. The summed E-state index contributed by atoms with van der Waals surface area (Å²) >= 11 is 0. The normalized spacial score (nSPS) is 10.8. The van der Waals surface area contributed by atoms with Gasteiger partial charge in [0.25, 0.3) is 5.78 Å². The van der Waals surface area contributed by atoms with Crippen LogP contribution >= 0.6 is 0 Å². The number of anilines is 1. The van der Waals surface area contributed by atoms with Crippen LogP contribution in [0.25, 0.3) is 5.78 Å². The number of aromatic nitrogens is 4. The quantitative estimate of drug-likeness (QED) is 0.607. The molecule has 0 aliphatic heterocycles. The highest BCUT2D eigenvalue weighted by Gasteiger charge is 2.05. The molecule has 19 heavy (non-hydrogen) atoms. The summed E-state index contributed by atoms with van der Waals surface area (Å²) in [7, 11) is 0. The molecule has 0 aliphatic rings. The van der Waals surface area contributed by atoms with Gasteiger partial charge in [-0.3, -0.25) is 0 Å². The molecule has 2 aromatic rings. The van der Waals surface area contributed by atoms with Crippen molar-refractivity contribution in [1.29, 1.82) is 0 Å². The zero-order valence-corrected chi connectivity index (χ0v) is 11.4. The van der Waals surface area contributed by atoms with Gasteiger partial charge in [0.05, 0.1) is 13.2 Å². The maximum atomic E-state index is 5.44. The summed E-state index contributed by atoms with van der Waals surface area (Å²) in [5.41, 5.74) is 2.02. The summed E-state index contributed by atoms with van der Waals surface area (Å²) in [6, 6.07) is 1.99. The fourth-order valence-corrected chi connectivity index (χ4v) is 1.67. The Morgan fingerprint density at radius 3 is 3.11 bits per heavy atom. The van der Waals surface area contributed by atoms with Gasteiger partial charge >= 0.3 is 0 Å². The van der Waals surface area contributed by atoms with Gasteiger partial charge in [-0.2, -0.15) is 14.6 Å². The van der Waals surface area contributed by atoms with Crippen molar-refractivity contribution in [2.45, 2.75) is 20.3 Å². The predicted molar refractivity (Wildman–Crippen MR) is 74.3 cm³/mol. The Morgan fingerprint density at radius 1 is 1.53 bits per heavy atom. The van der Waals surface area contributed by atoms with Gasteiger partial charge < -0.3 is 10.1 Å². The number of nitrogens with one attached hydrogen (secondary N) is 1. The van der Waals surface area contributed by atoms with Crippen molar-refractivity contribution < 1.29 is 4.74 Å². The molecule has 0 radical (unpaired) electrons. The largest absolute Gasteiger partial charge is 0.375 e. The van der Waals surface area contributed by atoms with E-state index in [4.69, 9.17) is 4.74 Å². The SMILES string of the molecule is C=C(C)COCCNc1cc(CC)nc2ncnn12. The Labute approximate surface area is 112 Å². The summed E-state index contributed by atoms with van der Waals surface area (Å²) in [5, 5.41) is 7.43. The minimum Gasteiger partial charge on any atom is -0.375 e. The van der Waals surface area contributed by atoms with Crippen molar-refractivity contribution in [2.24, 2.45) is 0 Å². The lowest BCUT2D eigenvalue weighted by molar-refractivity contribution is 0.167. The molecular weight excluding hydrogens is 242 g/mol. The van der Waals surface area contributed by atoms with Crippen LogP contribution in [0, 0.1) is 0 Å². The summed E-state index contributed by atoms with van der Waals surface area (Å²) in [5.74, 6) is 1.50. The number of nitrogens with zero attached hydrogens (tertiary/aromatic N) is 4. The molecule has 0 spiro atoms. The second-order valence-electron chi connectivity index (χ2n) is 4.39. The van der Waals surface area contributed by atoms with Crippen LogP contribution in [0.5, 0.6) is 0 Å². The molecular formula is C13H19N5O. The maximum absolute atomic E-state index is 5.44. The van der Waals surface area contributed by atoms with Gasteiger partial charge in [-0.25, -0.2) is 4.98 Å². The third-order valence-corrected chi connectivity index (χ3v) is 2.57. The standard InChI is InChI=1S/C13H19N5O/c1-4-11-7-12(14-5-6-19-8-10(2)3)18-13(17-11)15-9-16-18/h7,9,14H,2,4-6,8H2,1,3H3. The second-order valence-corrected chi connectivity index (χ2v) is 4.39. The van der Waals surface area contributed by atoms with Crippen LogP contribution in [0.3, 0.4) is 0 Å². The lowest BCUT2D eigenvalue weighted by Crippen LogP contribution is -2.13. The monoisotopic (exact) mass is 261 g/mol. The number of fused-ring (bicyclic) bond motifs is 1. The molecule has 0 fully saturated rings. The number of hydrogen-bond acceptors (Lipinski definition) is 5. The molecule has 0 aliphatic carbocycles. The zero-order valence-electron chi connectivity index (χ0n) is 11.4. The van der Waals surface area contributed by atoms with Crippen LogP contribution in [-0.4, -0.2) is 39.3 Å². The van der Waals surface area contributed by atoms with Gasteiger partial charge in [0.1, 0.15) is 12.1 Å². The Morgan fingerprint density at radius 2 is 2.37 bits per heavy atom. The highest BCUT2D eigenvalue weighted by molar-refractivity contribution is 5.44. The zero-order chi connectivity index (χ0) is 13.7. The Kier molecular flexibility index (Phi) is 4.46. The summed E-state index contributed by atoms with van der Waals surface area (Å²) in [6.07, 6.45) is 2.37. The highest BCUT2D eigenvalue weighted by Crippen LogP contribution is 2.10. The third-order valence-electron chi connectivity index (χ3n) is 2.57. The first-order valence-corrected chi connectivity index (χ1v) is 6.36. The van der Waals surface area contributed by atoms with Crippen molar-refractivity contribution in [1.82, 2.24) is 19.6 Å². The molecule has 0 aromatic carbocycles. The van der Waals surface area contributed by atoms with Crippen molar-refractivity contribution in [3.05, 3.63) is 30.2 Å². The summed E-state index contributed by atoms with van der Waals surface area (Å²) in [6.45, 7) is 9.72. The first-order valence-electron chi connectivity index (χ1n) is 6.36. The molecule has 0 unspecified atom stereocenters. The molecule has 2 aromatic heterocycles. The van der Waals surface area contributed by atoms with Crippen LogP contribution in [-0.2, 0) is 11.2 Å². The molecule has 0 saturated heterocycles. The summed E-state index contributed by atoms with van der Waals surface area (Å²) < 4.78 is 7.14. The van der Waals surface area contributed by atoms with Gasteiger partial charge in [0.15, 0.2) is 0 Å². The minimum atomic E-state index is 0.594. The summed E-state index contributed by atoms with van der Waals surface area (Å²) in [4.78, 5) is 8.50. The molecule has 6 nitrogen and oxygen atoms in total. The van der Waals surface area contributed by atoms with Gasteiger partial charge in [0.2, 0.25) is 0 Å². The van der Waals surface area contributed by atoms with Crippen molar-refractivity contribution in [3.63, 3.8) is 0 Å². The lowest BCUT2D eigenvalue weighted by atomic mass is 10.3. The van der Waals surface area contributed by atoms with Crippen molar-refractivity contribution in [3.8, 4) is 0 Å². The fraction of sp³-hybridized carbons (Fsp3) is 0.462. The Hall–Kier alpha value is -1.95. The third kappa shape index (κ3) is 3.51. The van der Waals surface area contributed by atoms with Gasteiger partial charge in [-0.05, 0) is 13.3 Å². The molecule has 1 N–H and O–H groups in total. The van der Waals surface area contributed by atoms with E-state index in [0.29, 0.717) is 25.5 Å². The van der Waals surface area contributed by atoms with E-state index >= 15 is 0 Å². The second kappa shape index (κ2) is 6.29. The average Bonchev–Trinajstić information content (AvgIpc) is 2.85. The van der Waals surface area contributed by atoms with E-state index in [1.54, 1.807) is 4.52 Å². The number of aryl methyl sites for hydroxylation is 1. The van der Waals surface area contributed by atoms with Crippen LogP contribution in [0.15, 0.2) is 24.5 Å². The first-order chi connectivity index (χ1) is 9.20. The van der Waals surface area contributed by atoms with Gasteiger partial charge in [0, 0.05) is 18.3 Å². The molecule has 2 rings (SSSR count). The maximum Gasteiger partial charge on any atom is 0.254 e. The molecule has 2 heterocycles. The van der Waals surface area contributed by atoms with E-state index in [1.807, 2.05) is 13.0 Å². The van der Waals surface area contributed by atoms with Crippen molar-refractivity contribution >= 4 is 11.6 Å². The molecule has 0 saturated carbocycles. The average molecular weight is 261 g/mol. The first kappa shape index (κ1) is 13.5. The predicted octanol–water partition coefficient (Wildman–Crippen LogP) is 1.69. The molecule has 0 bridgehead atoms. The smallest absolute Gasteiger partial charge is 0.254 e. The van der Waals surface area contributed by atoms with Crippen LogP contribution in [0.2, 0.25) is 0 Å². The van der Waals surface area contributed by atoms with E-state index < -0.39 is 0 Å². The van der Waals surface area contributed by atoms with Crippen LogP contribution < -0.4 is 5.32 Å². The van der Waals surface area contributed by atoms with Crippen molar-refractivity contribution in [2.75, 3.05) is 25.1 Å². The molecule has 6 heteroatoms. The Bertz CT molecular complexity index is 563. The van der Waals surface area contributed by atoms with Crippen LogP contribution in [0.1, 0.15) is 19.5 Å². The van der Waals surface area contributed by atoms with Gasteiger partial charge in [-0.15, -0.1) is 0 Å². The highest BCUT2D eigenvalue weighted by atomic mass is 16.5. The number of ether oxygens (including phenoxy) is 1. The number of rotatable bonds is 7. The van der Waals surface area contributed by atoms with E-state index in [-0.39, 0.29) is 0 Å². The van der Waals surface area contributed by atoms with Gasteiger partial charge in [-0.1, -0.05) is 19.1 Å². The topological polar surface area (TPSA) is 64.3 Å². The van der Waals surface area contributed by atoms with E-state index in [2.05, 4.69) is 33.9 Å². The van der Waals surface area contributed by atoms with E-state index in [0.717, 1.165) is 23.5 Å². The molecule has 102 valence electrons. The fourth-order valence-electron chi connectivity index (χ4n) is 1.67. The minimum absolute atomic E-state index is 0.594. The van der Waals surface area contributed by atoms with Crippen LogP contribution in [0.4, 0.5) is 5.82 Å². The Balaban J connectivity index is 1.99.